The van der Waals surface area contributed by atoms with Crippen LogP contribution in [0.1, 0.15) is 42.6 Å². The second kappa shape index (κ2) is 15.1. The molecule has 10 heteroatoms. The lowest BCUT2D eigenvalue weighted by molar-refractivity contribution is -0.128. The summed E-state index contributed by atoms with van der Waals surface area (Å²) < 4.78 is 15.9. The predicted octanol–water partition coefficient (Wildman–Crippen LogP) is 5.86. The van der Waals surface area contributed by atoms with Crippen LogP contribution in [-0.2, 0) is 20.7 Å². The highest BCUT2D eigenvalue weighted by Crippen LogP contribution is 2.32. The van der Waals surface area contributed by atoms with Gasteiger partial charge in [-0.25, -0.2) is 9.79 Å². The summed E-state index contributed by atoms with van der Waals surface area (Å²) in [6.45, 7) is 5.10. The lowest BCUT2D eigenvalue weighted by atomic mass is 10.1. The Balaban J connectivity index is 1.47. The lowest BCUT2D eigenvalue weighted by Crippen LogP contribution is -2.35. The zero-order valence-corrected chi connectivity index (χ0v) is 24.8. The van der Waals surface area contributed by atoms with E-state index in [1.807, 2.05) is 31.2 Å². The molecule has 2 amide bonds. The van der Waals surface area contributed by atoms with Gasteiger partial charge in [0, 0.05) is 18.7 Å². The highest BCUT2D eigenvalue weighted by molar-refractivity contribution is 8.15. The maximum Gasteiger partial charge on any atom is 0.338 e. The first kappa shape index (κ1) is 30.6. The van der Waals surface area contributed by atoms with Crippen LogP contribution in [-0.4, -0.2) is 60.0 Å². The average Bonchev–Trinajstić information content (AvgIpc) is 3.29. The van der Waals surface area contributed by atoms with Crippen LogP contribution in [0.2, 0.25) is 0 Å². The number of anilines is 1. The SMILES string of the molecule is CCCOc1ccc(NC(=O)CC2SC(=Nc3ccc(C(=O)OCC)cc3)N(CCc3ccc(OC)cc3)C2=O)cc1. The number of carbonyl (C=O) groups excluding carboxylic acids is 3. The Morgan fingerprint density at radius 3 is 2.29 bits per heavy atom. The van der Waals surface area contributed by atoms with Crippen molar-refractivity contribution in [1.29, 1.82) is 0 Å². The third-order valence-electron chi connectivity index (χ3n) is 6.39. The molecule has 1 aliphatic heterocycles. The van der Waals surface area contributed by atoms with Gasteiger partial charge in [-0.1, -0.05) is 30.8 Å². The van der Waals surface area contributed by atoms with Gasteiger partial charge in [0.05, 0.1) is 31.6 Å². The van der Waals surface area contributed by atoms with Gasteiger partial charge in [-0.2, -0.15) is 0 Å². The highest BCUT2D eigenvalue weighted by atomic mass is 32.2. The Bertz CT molecular complexity index is 1390. The van der Waals surface area contributed by atoms with E-state index in [0.29, 0.717) is 48.3 Å². The third kappa shape index (κ3) is 8.36. The number of rotatable bonds is 13. The summed E-state index contributed by atoms with van der Waals surface area (Å²) in [6, 6.07) is 21.5. The number of methoxy groups -OCH3 is 1. The zero-order valence-electron chi connectivity index (χ0n) is 24.0. The second-order valence-corrected chi connectivity index (χ2v) is 10.7. The topological polar surface area (TPSA) is 107 Å². The Kier molecular flexibility index (Phi) is 11.0. The molecule has 1 heterocycles. The van der Waals surface area contributed by atoms with Gasteiger partial charge in [-0.05, 0) is 86.0 Å². The molecule has 1 fully saturated rings. The molecule has 0 radical (unpaired) electrons. The summed E-state index contributed by atoms with van der Waals surface area (Å²) in [4.78, 5) is 44.8. The van der Waals surface area contributed by atoms with Crippen LogP contribution < -0.4 is 14.8 Å². The standard InChI is InChI=1S/C32H35N3O6S/c1-4-20-41-27-16-12-24(13-17-27)33-29(36)21-28-30(37)35(19-18-22-6-14-26(39-3)15-7-22)32(42-28)34-25-10-8-23(9-11-25)31(38)40-5-2/h6-17,28H,4-5,18-21H2,1-3H3,(H,33,36). The van der Waals surface area contributed by atoms with Gasteiger partial charge in [-0.3, -0.25) is 14.5 Å². The minimum absolute atomic E-state index is 0.00254. The fourth-order valence-electron chi connectivity index (χ4n) is 4.20. The average molecular weight is 590 g/mol. The van der Waals surface area contributed by atoms with Crippen LogP contribution in [0.25, 0.3) is 0 Å². The van der Waals surface area contributed by atoms with Gasteiger partial charge >= 0.3 is 5.97 Å². The molecule has 9 nitrogen and oxygen atoms in total. The molecule has 4 rings (SSSR count). The molecule has 1 unspecified atom stereocenters. The largest absolute Gasteiger partial charge is 0.497 e. The third-order valence-corrected chi connectivity index (χ3v) is 7.56. The Hall–Kier alpha value is -4.31. The fraction of sp³-hybridized carbons (Fsp3) is 0.312. The lowest BCUT2D eigenvalue weighted by Gasteiger charge is -2.17. The molecule has 0 saturated carbocycles. The number of ether oxygens (including phenoxy) is 3. The summed E-state index contributed by atoms with van der Waals surface area (Å²) in [6.07, 6.45) is 1.51. The van der Waals surface area contributed by atoms with Crippen LogP contribution in [0.5, 0.6) is 11.5 Å². The van der Waals surface area contributed by atoms with Crippen LogP contribution in [0.4, 0.5) is 11.4 Å². The van der Waals surface area contributed by atoms with Crippen LogP contribution in [0.3, 0.4) is 0 Å². The molecule has 0 aromatic heterocycles. The molecule has 220 valence electrons. The van der Waals surface area contributed by atoms with Crippen molar-refractivity contribution < 1.29 is 28.6 Å². The number of aliphatic imine (C=N–C) groups is 1. The van der Waals surface area contributed by atoms with Gasteiger partial charge in [0.1, 0.15) is 16.7 Å². The summed E-state index contributed by atoms with van der Waals surface area (Å²) in [5.41, 5.74) is 2.68. The number of carbonyl (C=O) groups is 3. The van der Waals surface area contributed by atoms with Crippen molar-refractivity contribution in [1.82, 2.24) is 4.90 Å². The molecule has 0 aliphatic carbocycles. The van der Waals surface area contributed by atoms with E-state index in [1.165, 1.54) is 11.8 Å². The maximum absolute atomic E-state index is 13.5. The number of esters is 1. The van der Waals surface area contributed by atoms with E-state index in [2.05, 4.69) is 5.32 Å². The minimum Gasteiger partial charge on any atom is -0.497 e. The monoisotopic (exact) mass is 589 g/mol. The zero-order chi connectivity index (χ0) is 29.9. The number of thioether (sulfide) groups is 1. The number of nitrogens with one attached hydrogen (secondary N) is 1. The first-order valence-electron chi connectivity index (χ1n) is 13.9. The Morgan fingerprint density at radius 1 is 0.952 bits per heavy atom. The predicted molar refractivity (Wildman–Crippen MR) is 165 cm³/mol. The van der Waals surface area contributed by atoms with Crippen molar-refractivity contribution in [2.75, 3.05) is 32.2 Å². The van der Waals surface area contributed by atoms with E-state index in [9.17, 15) is 14.4 Å². The molecule has 42 heavy (non-hydrogen) atoms. The van der Waals surface area contributed by atoms with Crippen molar-refractivity contribution in [3.63, 3.8) is 0 Å². The molecule has 3 aromatic carbocycles. The highest BCUT2D eigenvalue weighted by Gasteiger charge is 2.39. The van der Waals surface area contributed by atoms with Gasteiger partial charge < -0.3 is 19.5 Å². The molecule has 1 aliphatic rings. The number of amidine groups is 1. The molecule has 0 bridgehead atoms. The van der Waals surface area contributed by atoms with Crippen molar-refractivity contribution in [3.05, 3.63) is 83.9 Å². The summed E-state index contributed by atoms with van der Waals surface area (Å²) in [7, 11) is 1.62. The summed E-state index contributed by atoms with van der Waals surface area (Å²) in [5, 5.41) is 2.76. The fourth-order valence-corrected chi connectivity index (χ4v) is 5.38. The number of amides is 2. The first-order chi connectivity index (χ1) is 20.4. The molecular weight excluding hydrogens is 554 g/mol. The van der Waals surface area contributed by atoms with Crippen molar-refractivity contribution in [2.24, 2.45) is 4.99 Å². The number of hydrogen-bond acceptors (Lipinski definition) is 8. The molecule has 0 spiro atoms. The molecule has 1 N–H and O–H groups in total. The van der Waals surface area contributed by atoms with E-state index < -0.39 is 11.2 Å². The molecular formula is C32H35N3O6S. The number of benzene rings is 3. The summed E-state index contributed by atoms with van der Waals surface area (Å²) >= 11 is 1.27. The first-order valence-corrected chi connectivity index (χ1v) is 14.8. The van der Waals surface area contributed by atoms with Crippen LogP contribution >= 0.6 is 11.8 Å². The van der Waals surface area contributed by atoms with Crippen molar-refractivity contribution in [2.45, 2.75) is 38.4 Å². The van der Waals surface area contributed by atoms with E-state index in [1.54, 1.807) is 67.5 Å². The van der Waals surface area contributed by atoms with Crippen molar-refractivity contribution >= 4 is 46.1 Å². The van der Waals surface area contributed by atoms with Gasteiger partial charge in [-0.15, -0.1) is 0 Å². The number of hydrogen-bond donors (Lipinski definition) is 1. The van der Waals surface area contributed by atoms with Gasteiger partial charge in [0.15, 0.2) is 5.17 Å². The van der Waals surface area contributed by atoms with E-state index in [4.69, 9.17) is 19.2 Å². The van der Waals surface area contributed by atoms with E-state index >= 15 is 0 Å². The number of nitrogens with zero attached hydrogens (tertiary/aromatic N) is 2. The summed E-state index contributed by atoms with van der Waals surface area (Å²) in [5.74, 6) is 0.652. The van der Waals surface area contributed by atoms with E-state index in [-0.39, 0.29) is 18.2 Å². The quantitative estimate of drug-likeness (QED) is 0.249. The Labute approximate surface area is 250 Å². The Morgan fingerprint density at radius 2 is 1.64 bits per heavy atom. The van der Waals surface area contributed by atoms with Gasteiger partial charge in [0.25, 0.3) is 0 Å². The van der Waals surface area contributed by atoms with Crippen LogP contribution in [0, 0.1) is 0 Å². The normalized spacial score (nSPS) is 15.5. The van der Waals surface area contributed by atoms with E-state index in [0.717, 1.165) is 23.5 Å². The maximum atomic E-state index is 13.5. The molecule has 3 aromatic rings. The molecule has 1 saturated heterocycles. The second-order valence-electron chi connectivity index (χ2n) is 9.48. The minimum atomic E-state index is -0.620. The van der Waals surface area contributed by atoms with Gasteiger partial charge in [0.2, 0.25) is 11.8 Å². The smallest absolute Gasteiger partial charge is 0.338 e. The van der Waals surface area contributed by atoms with Crippen LogP contribution in [0.15, 0.2) is 77.8 Å². The van der Waals surface area contributed by atoms with Crippen molar-refractivity contribution in [3.8, 4) is 11.5 Å². The molecule has 1 atom stereocenters.